The first-order chi connectivity index (χ1) is 11.3. The molecule has 2 N–H and O–H groups in total. The third kappa shape index (κ3) is 2.30. The molecule has 4 aliphatic rings. The number of hydrogen-bond donors (Lipinski definition) is 2. The van der Waals surface area contributed by atoms with E-state index < -0.39 is 0 Å². The molecule has 3 saturated carbocycles. The summed E-state index contributed by atoms with van der Waals surface area (Å²) in [4.78, 5) is 11.6. The molecule has 3 fully saturated rings. The maximum atomic E-state index is 11.6. The highest BCUT2D eigenvalue weighted by atomic mass is 16.3. The summed E-state index contributed by atoms with van der Waals surface area (Å²) >= 11 is 0. The molecule has 24 heavy (non-hydrogen) atoms. The van der Waals surface area contributed by atoms with Gasteiger partial charge in [-0.3, -0.25) is 4.79 Å². The number of carbonyl (C=O) groups is 1. The highest BCUT2D eigenvalue weighted by Gasteiger charge is 2.58. The van der Waals surface area contributed by atoms with Gasteiger partial charge in [-0.2, -0.15) is 0 Å². The van der Waals surface area contributed by atoms with E-state index in [4.69, 9.17) is 0 Å². The molecule has 0 aromatic carbocycles. The van der Waals surface area contributed by atoms with Gasteiger partial charge >= 0.3 is 0 Å². The van der Waals surface area contributed by atoms with E-state index in [-0.39, 0.29) is 17.4 Å². The van der Waals surface area contributed by atoms with Crippen LogP contribution in [0.2, 0.25) is 0 Å². The summed E-state index contributed by atoms with van der Waals surface area (Å²) in [5, 5.41) is 13.3. The number of hydrogen-bond acceptors (Lipinski definition) is 2. The second-order valence-corrected chi connectivity index (χ2v) is 9.53. The summed E-state index contributed by atoms with van der Waals surface area (Å²) in [6, 6.07) is 0.368. The zero-order valence-corrected chi connectivity index (χ0v) is 15.5. The number of amides is 1. The van der Waals surface area contributed by atoms with E-state index in [0.717, 1.165) is 43.4 Å². The fourth-order valence-electron chi connectivity index (χ4n) is 7.12. The van der Waals surface area contributed by atoms with Gasteiger partial charge in [0.2, 0.25) is 5.91 Å². The van der Waals surface area contributed by atoms with E-state index in [9.17, 15) is 9.90 Å². The average Bonchev–Trinajstić information content (AvgIpc) is 2.84. The van der Waals surface area contributed by atoms with Crippen molar-refractivity contribution < 1.29 is 9.90 Å². The summed E-state index contributed by atoms with van der Waals surface area (Å²) in [7, 11) is 0. The van der Waals surface area contributed by atoms with Gasteiger partial charge in [0, 0.05) is 13.0 Å². The van der Waals surface area contributed by atoms with Crippen molar-refractivity contribution in [3.05, 3.63) is 11.6 Å². The Morgan fingerprint density at radius 3 is 2.71 bits per heavy atom. The zero-order valence-electron chi connectivity index (χ0n) is 15.5. The predicted molar refractivity (Wildman–Crippen MR) is 95.3 cm³/mol. The zero-order chi connectivity index (χ0) is 17.1. The van der Waals surface area contributed by atoms with Gasteiger partial charge in [-0.15, -0.1) is 0 Å². The van der Waals surface area contributed by atoms with Crippen LogP contribution in [0, 0.1) is 28.6 Å². The molecule has 0 saturated heterocycles. The molecule has 0 aliphatic heterocycles. The Hall–Kier alpha value is -0.830. The number of carbonyl (C=O) groups excluding carboxylic acids is 1. The van der Waals surface area contributed by atoms with Gasteiger partial charge < -0.3 is 10.4 Å². The molecule has 134 valence electrons. The van der Waals surface area contributed by atoms with Gasteiger partial charge in [-0.05, 0) is 80.0 Å². The van der Waals surface area contributed by atoms with Crippen LogP contribution >= 0.6 is 0 Å². The largest absolute Gasteiger partial charge is 0.393 e. The molecule has 5 unspecified atom stereocenters. The maximum Gasteiger partial charge on any atom is 0.217 e. The van der Waals surface area contributed by atoms with Crippen LogP contribution in [-0.2, 0) is 4.79 Å². The number of allylic oxidation sites excluding steroid dienone is 1. The second-order valence-electron chi connectivity index (χ2n) is 9.53. The summed E-state index contributed by atoms with van der Waals surface area (Å²) in [5.74, 6) is 2.42. The van der Waals surface area contributed by atoms with Gasteiger partial charge in [-0.1, -0.05) is 25.5 Å². The van der Waals surface area contributed by atoms with Crippen molar-refractivity contribution in [3.63, 3.8) is 0 Å². The standard InChI is InChI=1S/C21H33NO2/c1-13(23)22-19-7-6-17-16-5-4-14-12-15(24)8-10-20(14,2)18(16)9-11-21(17,19)3/h4,15-19,24H,5-12H2,1-3H3,(H,22,23)/t15?,16?,17?,18?,19?,20-,21-/m0/s1. The third-order valence-corrected chi connectivity index (χ3v) is 8.46. The Bertz CT molecular complexity index is 570. The van der Waals surface area contributed by atoms with Crippen LogP contribution in [0.25, 0.3) is 0 Å². The Balaban J connectivity index is 1.62. The van der Waals surface area contributed by atoms with Crippen LogP contribution in [0.1, 0.15) is 72.1 Å². The van der Waals surface area contributed by atoms with E-state index in [1.54, 1.807) is 12.5 Å². The first-order valence-electron chi connectivity index (χ1n) is 9.99. The van der Waals surface area contributed by atoms with Crippen molar-refractivity contribution in [2.45, 2.75) is 84.3 Å². The van der Waals surface area contributed by atoms with Crippen LogP contribution in [0.15, 0.2) is 11.6 Å². The lowest BCUT2D eigenvalue weighted by Gasteiger charge is -2.58. The van der Waals surface area contributed by atoms with Crippen LogP contribution in [0.3, 0.4) is 0 Å². The highest BCUT2D eigenvalue weighted by molar-refractivity contribution is 5.73. The van der Waals surface area contributed by atoms with Crippen LogP contribution in [-0.4, -0.2) is 23.2 Å². The molecule has 4 rings (SSSR count). The molecule has 4 aliphatic carbocycles. The number of fused-ring (bicyclic) bond motifs is 5. The minimum absolute atomic E-state index is 0.120. The number of rotatable bonds is 1. The van der Waals surface area contributed by atoms with Gasteiger partial charge in [0.25, 0.3) is 0 Å². The van der Waals surface area contributed by atoms with Crippen molar-refractivity contribution in [1.29, 1.82) is 0 Å². The van der Waals surface area contributed by atoms with Crippen molar-refractivity contribution >= 4 is 5.91 Å². The first kappa shape index (κ1) is 16.6. The monoisotopic (exact) mass is 331 g/mol. The average molecular weight is 332 g/mol. The molecule has 0 spiro atoms. The van der Waals surface area contributed by atoms with E-state index in [0.29, 0.717) is 11.5 Å². The minimum Gasteiger partial charge on any atom is -0.393 e. The lowest BCUT2D eigenvalue weighted by molar-refractivity contribution is -0.121. The number of aliphatic hydroxyl groups is 1. The molecule has 0 aromatic heterocycles. The summed E-state index contributed by atoms with van der Waals surface area (Å²) in [6.45, 7) is 6.57. The topological polar surface area (TPSA) is 49.3 Å². The van der Waals surface area contributed by atoms with E-state index in [1.165, 1.54) is 25.7 Å². The smallest absolute Gasteiger partial charge is 0.217 e. The molecule has 3 nitrogen and oxygen atoms in total. The van der Waals surface area contributed by atoms with E-state index in [2.05, 4.69) is 25.2 Å². The fraction of sp³-hybridized carbons (Fsp3) is 0.857. The lowest BCUT2D eigenvalue weighted by Crippen LogP contribution is -2.53. The van der Waals surface area contributed by atoms with Crippen LogP contribution < -0.4 is 5.32 Å². The molecule has 3 heteroatoms. The number of aliphatic hydroxyl groups excluding tert-OH is 1. The predicted octanol–water partition coefficient (Wildman–Crippen LogP) is 3.81. The maximum absolute atomic E-state index is 11.6. The molecule has 1 amide bonds. The Morgan fingerprint density at radius 1 is 1.17 bits per heavy atom. The molecule has 7 atom stereocenters. The van der Waals surface area contributed by atoms with Crippen molar-refractivity contribution in [1.82, 2.24) is 5.32 Å². The van der Waals surface area contributed by atoms with Gasteiger partial charge in [0.05, 0.1) is 6.10 Å². The second kappa shape index (κ2) is 5.59. The van der Waals surface area contributed by atoms with E-state index in [1.807, 2.05) is 0 Å². The quantitative estimate of drug-likeness (QED) is 0.718. The molecule has 0 radical (unpaired) electrons. The first-order valence-corrected chi connectivity index (χ1v) is 9.99. The van der Waals surface area contributed by atoms with Crippen molar-refractivity contribution in [3.8, 4) is 0 Å². The van der Waals surface area contributed by atoms with Crippen LogP contribution in [0.4, 0.5) is 0 Å². The number of nitrogens with one attached hydrogen (secondary N) is 1. The molecular formula is C21H33NO2. The Morgan fingerprint density at radius 2 is 1.96 bits per heavy atom. The molecule has 0 bridgehead atoms. The lowest BCUT2D eigenvalue weighted by atomic mass is 9.48. The molecular weight excluding hydrogens is 298 g/mol. The third-order valence-electron chi connectivity index (χ3n) is 8.46. The Kier molecular flexibility index (Phi) is 3.87. The minimum atomic E-state index is -0.120. The van der Waals surface area contributed by atoms with Gasteiger partial charge in [-0.25, -0.2) is 0 Å². The van der Waals surface area contributed by atoms with E-state index >= 15 is 0 Å². The normalized spacial score (nSPS) is 50.3. The SMILES string of the molecule is CC(=O)NC1CCC2C3CC=C4CC(O)CC[C@]4(C)C3CC[C@]12C. The summed E-state index contributed by atoms with van der Waals surface area (Å²) < 4.78 is 0. The van der Waals surface area contributed by atoms with Gasteiger partial charge in [0.1, 0.15) is 0 Å². The van der Waals surface area contributed by atoms with Crippen LogP contribution in [0.5, 0.6) is 0 Å². The Labute approximate surface area is 146 Å². The summed E-state index contributed by atoms with van der Waals surface area (Å²) in [5.41, 5.74) is 2.14. The highest BCUT2D eigenvalue weighted by Crippen LogP contribution is 2.64. The summed E-state index contributed by atoms with van der Waals surface area (Å²) in [6.07, 6.45) is 11.5. The fourth-order valence-corrected chi connectivity index (χ4v) is 7.12. The molecule has 0 heterocycles. The van der Waals surface area contributed by atoms with Crippen molar-refractivity contribution in [2.75, 3.05) is 0 Å². The van der Waals surface area contributed by atoms with Gasteiger partial charge in [0.15, 0.2) is 0 Å². The molecule has 0 aromatic rings. The van der Waals surface area contributed by atoms with Crippen molar-refractivity contribution in [2.24, 2.45) is 28.6 Å².